The first-order valence-corrected chi connectivity index (χ1v) is 8.51. The van der Waals surface area contributed by atoms with Gasteiger partial charge < -0.3 is 15.6 Å². The minimum absolute atomic E-state index is 0.0829. The van der Waals surface area contributed by atoms with Crippen LogP contribution in [0.25, 0.3) is 0 Å². The van der Waals surface area contributed by atoms with Crippen molar-refractivity contribution in [3.05, 3.63) is 5.82 Å². The maximum atomic E-state index is 12.2. The van der Waals surface area contributed by atoms with E-state index in [1.807, 2.05) is 11.5 Å². The second-order valence-electron chi connectivity index (χ2n) is 5.82. The number of nitrogens with one attached hydrogen (secondary N) is 1. The molecule has 21 heavy (non-hydrogen) atoms. The van der Waals surface area contributed by atoms with Crippen LogP contribution in [0.4, 0.5) is 0 Å². The second-order valence-corrected chi connectivity index (χ2v) is 7.12. The molecule has 1 heterocycles. The minimum Gasteiger partial charge on any atom is -0.352 e. The molecule has 1 atom stereocenters. The van der Waals surface area contributed by atoms with Gasteiger partial charge in [0.25, 0.3) is 0 Å². The molecule has 1 aromatic rings. The lowest BCUT2D eigenvalue weighted by Gasteiger charge is -2.17. The fraction of sp³-hybridized carbons (Fsp3) is 0.786. The van der Waals surface area contributed by atoms with Gasteiger partial charge in [-0.3, -0.25) is 4.79 Å². The van der Waals surface area contributed by atoms with Gasteiger partial charge in [-0.25, -0.2) is 0 Å². The van der Waals surface area contributed by atoms with Gasteiger partial charge in [-0.2, -0.15) is 0 Å². The summed E-state index contributed by atoms with van der Waals surface area (Å²) in [6.45, 7) is 6.40. The third-order valence-corrected chi connectivity index (χ3v) is 4.84. The Hall–Kier alpha value is -1.08. The molecular weight excluding hydrogens is 286 g/mol. The van der Waals surface area contributed by atoms with Crippen molar-refractivity contribution in [2.75, 3.05) is 0 Å². The lowest BCUT2D eigenvalue weighted by atomic mass is 10.2. The number of nitrogens with zero attached hydrogens (tertiary/aromatic N) is 3. The number of amides is 1. The van der Waals surface area contributed by atoms with Crippen LogP contribution in [0.3, 0.4) is 0 Å². The van der Waals surface area contributed by atoms with Crippen LogP contribution >= 0.6 is 11.8 Å². The smallest absolute Gasteiger partial charge is 0.233 e. The topological polar surface area (TPSA) is 85.8 Å². The van der Waals surface area contributed by atoms with E-state index in [-0.39, 0.29) is 17.2 Å². The summed E-state index contributed by atoms with van der Waals surface area (Å²) < 4.78 is 2.00. The molecular formula is C14H25N5OS. The van der Waals surface area contributed by atoms with Gasteiger partial charge >= 0.3 is 0 Å². The highest BCUT2D eigenvalue weighted by Gasteiger charge is 2.24. The zero-order chi connectivity index (χ0) is 15.4. The molecule has 1 fully saturated rings. The summed E-state index contributed by atoms with van der Waals surface area (Å²) in [5, 5.41) is 12.0. The molecule has 0 aromatic carbocycles. The Kier molecular flexibility index (Phi) is 5.64. The SMILES string of the molecule is CC(Sc1nnc(CN)n1C(C)C)C(=O)NC1CCCC1. The number of aromatic nitrogens is 3. The molecule has 0 radical (unpaired) electrons. The van der Waals surface area contributed by atoms with Crippen LogP contribution < -0.4 is 11.1 Å². The maximum absolute atomic E-state index is 12.2. The van der Waals surface area contributed by atoms with Crippen molar-refractivity contribution in [2.24, 2.45) is 5.73 Å². The fourth-order valence-corrected chi connectivity index (χ4v) is 3.66. The molecule has 0 bridgehead atoms. The van der Waals surface area contributed by atoms with Crippen molar-refractivity contribution in [1.29, 1.82) is 0 Å². The molecule has 1 amide bonds. The molecule has 6 nitrogen and oxygen atoms in total. The molecule has 1 saturated carbocycles. The van der Waals surface area contributed by atoms with Crippen molar-refractivity contribution in [3.8, 4) is 0 Å². The van der Waals surface area contributed by atoms with E-state index in [0.29, 0.717) is 12.6 Å². The first-order chi connectivity index (χ1) is 10.0. The molecule has 0 aliphatic heterocycles. The number of hydrogen-bond acceptors (Lipinski definition) is 5. The van der Waals surface area contributed by atoms with Gasteiger partial charge in [0.05, 0.1) is 11.8 Å². The molecule has 1 aliphatic carbocycles. The highest BCUT2D eigenvalue weighted by molar-refractivity contribution is 8.00. The summed E-state index contributed by atoms with van der Waals surface area (Å²) in [4.78, 5) is 12.2. The average Bonchev–Trinajstić information content (AvgIpc) is 3.07. The zero-order valence-electron chi connectivity index (χ0n) is 13.0. The van der Waals surface area contributed by atoms with Crippen LogP contribution in [0.2, 0.25) is 0 Å². The van der Waals surface area contributed by atoms with Gasteiger partial charge in [-0.1, -0.05) is 24.6 Å². The van der Waals surface area contributed by atoms with E-state index in [1.165, 1.54) is 24.6 Å². The zero-order valence-corrected chi connectivity index (χ0v) is 13.8. The Labute approximate surface area is 130 Å². The molecule has 0 saturated heterocycles. The number of rotatable bonds is 6. The van der Waals surface area contributed by atoms with E-state index in [9.17, 15) is 4.79 Å². The Balaban J connectivity index is 1.99. The van der Waals surface area contributed by atoms with Crippen LogP contribution in [0.1, 0.15) is 58.3 Å². The quantitative estimate of drug-likeness (QED) is 0.783. The monoisotopic (exact) mass is 311 g/mol. The third kappa shape index (κ3) is 3.97. The van der Waals surface area contributed by atoms with Crippen LogP contribution in [0.15, 0.2) is 5.16 Å². The standard InChI is InChI=1S/C14H25N5OS/c1-9(2)19-12(8-15)17-18-14(19)21-10(3)13(20)16-11-6-4-5-7-11/h9-11H,4-8,15H2,1-3H3,(H,16,20). The first-order valence-electron chi connectivity index (χ1n) is 7.63. The number of nitrogens with two attached hydrogens (primary N) is 1. The summed E-state index contributed by atoms with van der Waals surface area (Å²) in [5.74, 6) is 0.843. The average molecular weight is 311 g/mol. The van der Waals surface area contributed by atoms with Crippen LogP contribution in [0, 0.1) is 0 Å². The van der Waals surface area contributed by atoms with Crippen LogP contribution in [-0.2, 0) is 11.3 Å². The normalized spacial score (nSPS) is 17.4. The summed E-state index contributed by atoms with van der Waals surface area (Å²) in [6.07, 6.45) is 4.63. The van der Waals surface area contributed by atoms with Gasteiger partial charge in [-0.15, -0.1) is 10.2 Å². The predicted molar refractivity (Wildman–Crippen MR) is 84.0 cm³/mol. The van der Waals surface area contributed by atoms with Crippen molar-refractivity contribution in [2.45, 2.75) is 75.5 Å². The van der Waals surface area contributed by atoms with E-state index in [0.717, 1.165) is 23.8 Å². The molecule has 1 unspecified atom stereocenters. The van der Waals surface area contributed by atoms with Crippen LogP contribution in [0.5, 0.6) is 0 Å². The summed E-state index contributed by atoms with van der Waals surface area (Å²) in [5.41, 5.74) is 5.69. The van der Waals surface area contributed by atoms with Crippen molar-refractivity contribution in [3.63, 3.8) is 0 Å². The van der Waals surface area contributed by atoms with Gasteiger partial charge in [0, 0.05) is 12.1 Å². The molecule has 118 valence electrons. The van der Waals surface area contributed by atoms with Crippen LogP contribution in [-0.4, -0.2) is 32.0 Å². The summed E-state index contributed by atoms with van der Waals surface area (Å²) in [6, 6.07) is 0.578. The Bertz CT molecular complexity index is 482. The largest absolute Gasteiger partial charge is 0.352 e. The van der Waals surface area contributed by atoms with Gasteiger partial charge in [-0.05, 0) is 33.6 Å². The number of thioether (sulfide) groups is 1. The summed E-state index contributed by atoms with van der Waals surface area (Å²) in [7, 11) is 0. The predicted octanol–water partition coefficient (Wildman–Crippen LogP) is 1.86. The highest BCUT2D eigenvalue weighted by Crippen LogP contribution is 2.26. The van der Waals surface area contributed by atoms with Gasteiger partial charge in [0.1, 0.15) is 5.82 Å². The fourth-order valence-electron chi connectivity index (χ4n) is 2.65. The van der Waals surface area contributed by atoms with Gasteiger partial charge in [0.15, 0.2) is 5.16 Å². The molecule has 1 aromatic heterocycles. The van der Waals surface area contributed by atoms with E-state index in [4.69, 9.17) is 5.73 Å². The minimum atomic E-state index is -0.182. The third-order valence-electron chi connectivity index (χ3n) is 3.79. The summed E-state index contributed by atoms with van der Waals surface area (Å²) >= 11 is 1.45. The van der Waals surface area contributed by atoms with Crippen molar-refractivity contribution >= 4 is 17.7 Å². The van der Waals surface area contributed by atoms with E-state index < -0.39 is 0 Å². The molecule has 2 rings (SSSR count). The Morgan fingerprint density at radius 2 is 2.05 bits per heavy atom. The van der Waals surface area contributed by atoms with E-state index >= 15 is 0 Å². The number of carbonyl (C=O) groups excluding carboxylic acids is 1. The molecule has 1 aliphatic rings. The lowest BCUT2D eigenvalue weighted by Crippen LogP contribution is -2.37. The Morgan fingerprint density at radius 3 is 2.62 bits per heavy atom. The lowest BCUT2D eigenvalue weighted by molar-refractivity contribution is -0.120. The number of carbonyl (C=O) groups is 1. The second kappa shape index (κ2) is 7.26. The molecule has 0 spiro atoms. The van der Waals surface area contributed by atoms with Gasteiger partial charge in [0.2, 0.25) is 5.91 Å². The Morgan fingerprint density at radius 1 is 1.38 bits per heavy atom. The highest BCUT2D eigenvalue weighted by atomic mass is 32.2. The van der Waals surface area contributed by atoms with E-state index in [2.05, 4.69) is 29.4 Å². The first kappa shape index (κ1) is 16.3. The molecule has 3 N–H and O–H groups in total. The molecule has 7 heteroatoms. The number of hydrogen-bond donors (Lipinski definition) is 2. The van der Waals surface area contributed by atoms with E-state index in [1.54, 1.807) is 0 Å². The van der Waals surface area contributed by atoms with Crippen molar-refractivity contribution < 1.29 is 4.79 Å². The maximum Gasteiger partial charge on any atom is 0.233 e. The van der Waals surface area contributed by atoms with Crippen molar-refractivity contribution in [1.82, 2.24) is 20.1 Å².